The van der Waals surface area contributed by atoms with Gasteiger partial charge in [-0.2, -0.15) is 0 Å². The van der Waals surface area contributed by atoms with Crippen LogP contribution in [0, 0.1) is 16.0 Å². The maximum absolute atomic E-state index is 12.5. The molecule has 0 N–H and O–H groups in total. The number of fused-ring (bicyclic) bond motifs is 3. The summed E-state index contributed by atoms with van der Waals surface area (Å²) < 4.78 is 11.0. The second-order valence-electron chi connectivity index (χ2n) is 7.04. The number of ketones is 1. The van der Waals surface area contributed by atoms with Crippen molar-refractivity contribution in [2.24, 2.45) is 5.92 Å². The Labute approximate surface area is 159 Å². The van der Waals surface area contributed by atoms with Crippen molar-refractivity contribution in [3.63, 3.8) is 0 Å². The topological polar surface area (TPSA) is 81.9 Å². The lowest BCUT2D eigenvalue weighted by Gasteiger charge is -2.41. The third-order valence-electron chi connectivity index (χ3n) is 5.23. The van der Waals surface area contributed by atoms with Crippen LogP contribution in [0.2, 0.25) is 0 Å². The van der Waals surface area contributed by atoms with Crippen molar-refractivity contribution in [2.45, 2.75) is 39.0 Å². The second-order valence-corrected chi connectivity index (χ2v) is 7.04. The fraction of sp³-hybridized carbons (Fsp3) is 0.550. The predicted octanol–water partition coefficient (Wildman–Crippen LogP) is 3.81. The highest BCUT2D eigenvalue weighted by Crippen LogP contribution is 2.40. The van der Waals surface area contributed by atoms with Gasteiger partial charge in [-0.1, -0.05) is 19.8 Å². The van der Waals surface area contributed by atoms with Crippen LogP contribution in [0.5, 0.6) is 11.5 Å². The summed E-state index contributed by atoms with van der Waals surface area (Å²) in [6, 6.07) is 3.16. The van der Waals surface area contributed by atoms with E-state index in [9.17, 15) is 14.9 Å². The van der Waals surface area contributed by atoms with E-state index in [0.717, 1.165) is 45.2 Å². The van der Waals surface area contributed by atoms with Gasteiger partial charge in [0.2, 0.25) is 5.75 Å². The Hall–Kier alpha value is -2.57. The number of unbranched alkanes of at least 4 members (excludes halogenated alkanes) is 2. The number of hydrogen-bond acceptors (Lipinski definition) is 6. The fourth-order valence-corrected chi connectivity index (χ4v) is 3.72. The number of ether oxygens (including phenoxy) is 2. The zero-order chi connectivity index (χ0) is 19.4. The van der Waals surface area contributed by atoms with Crippen molar-refractivity contribution >= 4 is 17.5 Å². The van der Waals surface area contributed by atoms with Crippen molar-refractivity contribution in [3.8, 4) is 11.5 Å². The lowest BCUT2D eigenvalue weighted by Crippen LogP contribution is -2.45. The summed E-state index contributed by atoms with van der Waals surface area (Å²) in [7, 11) is 1.46. The summed E-state index contributed by atoms with van der Waals surface area (Å²) >= 11 is 0. The van der Waals surface area contributed by atoms with Crippen LogP contribution in [-0.2, 0) is 4.79 Å². The molecule has 27 heavy (non-hydrogen) atoms. The Kier molecular flexibility index (Phi) is 5.98. The van der Waals surface area contributed by atoms with Crippen LogP contribution in [0.1, 0.15) is 44.6 Å². The molecule has 7 nitrogen and oxygen atoms in total. The molecule has 3 aliphatic rings. The lowest BCUT2D eigenvalue weighted by molar-refractivity contribution is -0.386. The minimum absolute atomic E-state index is 0.0827. The molecule has 4 rings (SSSR count). The molecule has 1 aromatic carbocycles. The van der Waals surface area contributed by atoms with E-state index in [2.05, 4.69) is 11.8 Å². The van der Waals surface area contributed by atoms with Gasteiger partial charge in [-0.05, 0) is 37.0 Å². The number of hydrogen-bond donors (Lipinski definition) is 0. The molecule has 0 unspecified atom stereocenters. The number of nitro benzene ring substituents is 1. The Morgan fingerprint density at radius 2 is 2.04 bits per heavy atom. The summed E-state index contributed by atoms with van der Waals surface area (Å²) in [6.07, 6.45) is 6.39. The summed E-state index contributed by atoms with van der Waals surface area (Å²) in [4.78, 5) is 25.7. The zero-order valence-corrected chi connectivity index (χ0v) is 15.9. The van der Waals surface area contributed by atoms with Gasteiger partial charge in [-0.15, -0.1) is 0 Å². The average molecular weight is 374 g/mol. The van der Waals surface area contributed by atoms with Crippen LogP contribution in [0.4, 0.5) is 5.69 Å². The third kappa shape index (κ3) is 4.07. The monoisotopic (exact) mass is 374 g/mol. The molecule has 0 amide bonds. The minimum atomic E-state index is -0.463. The first-order chi connectivity index (χ1) is 13.0. The van der Waals surface area contributed by atoms with E-state index >= 15 is 0 Å². The lowest BCUT2D eigenvalue weighted by atomic mass is 9.84. The molecule has 146 valence electrons. The predicted molar refractivity (Wildman–Crippen MR) is 102 cm³/mol. The van der Waals surface area contributed by atoms with E-state index < -0.39 is 4.92 Å². The zero-order valence-electron chi connectivity index (χ0n) is 15.9. The van der Waals surface area contributed by atoms with Gasteiger partial charge in [0.1, 0.15) is 0 Å². The van der Waals surface area contributed by atoms with Crippen molar-refractivity contribution in [1.82, 2.24) is 4.90 Å². The van der Waals surface area contributed by atoms with Crippen LogP contribution in [0.15, 0.2) is 17.8 Å². The Bertz CT molecular complexity index is 751. The molecular formula is C20H26N2O5. The number of benzene rings is 1. The number of allylic oxidation sites excluding steroid dienone is 1. The van der Waals surface area contributed by atoms with Crippen LogP contribution < -0.4 is 9.47 Å². The highest BCUT2D eigenvalue weighted by atomic mass is 16.6. The van der Waals surface area contributed by atoms with Crippen molar-refractivity contribution in [1.29, 1.82) is 0 Å². The number of nitrogens with zero attached hydrogens (tertiary/aromatic N) is 2. The molecule has 0 radical (unpaired) electrons. The normalized spacial score (nSPS) is 18.2. The summed E-state index contributed by atoms with van der Waals surface area (Å²) in [5.74, 6) is 0.682. The number of rotatable bonds is 8. The first-order valence-corrected chi connectivity index (χ1v) is 9.55. The Morgan fingerprint density at radius 1 is 1.30 bits per heavy atom. The first-order valence-electron chi connectivity index (χ1n) is 9.55. The van der Waals surface area contributed by atoms with E-state index in [4.69, 9.17) is 9.47 Å². The quantitative estimate of drug-likeness (QED) is 0.298. The molecule has 3 aliphatic heterocycles. The van der Waals surface area contributed by atoms with Crippen LogP contribution in [-0.4, -0.2) is 42.4 Å². The molecule has 0 aromatic heterocycles. The maximum Gasteiger partial charge on any atom is 0.315 e. The molecule has 3 saturated heterocycles. The van der Waals surface area contributed by atoms with E-state index in [0.29, 0.717) is 23.6 Å². The SMILES string of the molecule is CCCCCOc1c(OC)cc(/C=C2/C(=O)C3CCN2CC3)cc1[N+](=O)[O-]. The van der Waals surface area contributed by atoms with Gasteiger partial charge in [-0.3, -0.25) is 14.9 Å². The van der Waals surface area contributed by atoms with Gasteiger partial charge in [0.05, 0.1) is 24.3 Å². The Balaban J connectivity index is 1.93. The molecule has 0 spiro atoms. The molecular weight excluding hydrogens is 348 g/mol. The number of carbonyl (C=O) groups is 1. The summed E-state index contributed by atoms with van der Waals surface area (Å²) in [6.45, 7) is 4.21. The third-order valence-corrected chi connectivity index (χ3v) is 5.23. The molecule has 3 fully saturated rings. The molecule has 0 saturated carbocycles. The highest BCUT2D eigenvalue weighted by Gasteiger charge is 2.36. The van der Waals surface area contributed by atoms with Crippen molar-refractivity contribution in [2.75, 3.05) is 26.8 Å². The van der Waals surface area contributed by atoms with Gasteiger partial charge in [0.25, 0.3) is 0 Å². The van der Waals surface area contributed by atoms with E-state index in [-0.39, 0.29) is 23.1 Å². The molecule has 0 aliphatic carbocycles. The number of methoxy groups -OCH3 is 1. The summed E-state index contributed by atoms with van der Waals surface area (Å²) in [5, 5.41) is 11.6. The average Bonchev–Trinajstić information content (AvgIpc) is 2.68. The number of piperidine rings is 3. The standard InChI is InChI=1S/C20H26N2O5/c1-3-4-5-10-27-20-17(22(24)25)12-14(13-18(20)26-2)11-16-19(23)15-6-8-21(16)9-7-15/h11-13,15H,3-10H2,1-2H3/b16-11-. The van der Waals surface area contributed by atoms with Gasteiger partial charge in [0, 0.05) is 25.1 Å². The highest BCUT2D eigenvalue weighted by molar-refractivity contribution is 6.02. The van der Waals surface area contributed by atoms with Crippen LogP contribution >= 0.6 is 0 Å². The van der Waals surface area contributed by atoms with Crippen molar-refractivity contribution < 1.29 is 19.2 Å². The van der Waals surface area contributed by atoms with Crippen LogP contribution in [0.25, 0.3) is 6.08 Å². The fourth-order valence-electron chi connectivity index (χ4n) is 3.72. The second kappa shape index (κ2) is 8.41. The van der Waals surface area contributed by atoms with E-state index in [1.54, 1.807) is 12.1 Å². The van der Waals surface area contributed by atoms with Gasteiger partial charge < -0.3 is 14.4 Å². The molecule has 2 bridgehead atoms. The van der Waals surface area contributed by atoms with Gasteiger partial charge >= 0.3 is 5.69 Å². The number of nitro groups is 1. The molecule has 0 atom stereocenters. The van der Waals surface area contributed by atoms with Gasteiger partial charge in [-0.25, -0.2) is 0 Å². The molecule has 7 heteroatoms. The summed E-state index contributed by atoms with van der Waals surface area (Å²) in [5.41, 5.74) is 1.09. The molecule has 3 heterocycles. The molecule has 1 aromatic rings. The minimum Gasteiger partial charge on any atom is -0.493 e. The largest absolute Gasteiger partial charge is 0.493 e. The van der Waals surface area contributed by atoms with Gasteiger partial charge in [0.15, 0.2) is 11.5 Å². The Morgan fingerprint density at radius 3 is 2.63 bits per heavy atom. The van der Waals surface area contributed by atoms with E-state index in [1.807, 2.05) is 0 Å². The first kappa shape index (κ1) is 19.2. The maximum atomic E-state index is 12.5. The van der Waals surface area contributed by atoms with Crippen molar-refractivity contribution in [3.05, 3.63) is 33.5 Å². The van der Waals surface area contributed by atoms with Crippen LogP contribution in [0.3, 0.4) is 0 Å². The number of carbonyl (C=O) groups excluding carboxylic acids is 1. The van der Waals surface area contributed by atoms with E-state index in [1.165, 1.54) is 13.2 Å². The number of Topliss-reactive ketones (excluding diaryl/α,β-unsaturated/α-hetero) is 1. The smallest absolute Gasteiger partial charge is 0.315 e.